The number of aryl methyl sites for hydroxylation is 1. The first-order valence-electron chi connectivity index (χ1n) is 12.9. The van der Waals surface area contributed by atoms with Gasteiger partial charge in [-0.25, -0.2) is 9.97 Å². The fourth-order valence-electron chi connectivity index (χ4n) is 3.95. The summed E-state index contributed by atoms with van der Waals surface area (Å²) >= 11 is 1.87. The van der Waals surface area contributed by atoms with Crippen molar-refractivity contribution in [1.29, 1.82) is 0 Å². The number of hydrogen-bond acceptors (Lipinski definition) is 4. The third-order valence-corrected chi connectivity index (χ3v) is 7.20. The molecule has 0 radical (unpaired) electrons. The average Bonchev–Trinajstić information content (AvgIpc) is 3.33. The van der Waals surface area contributed by atoms with Crippen molar-refractivity contribution in [3.8, 4) is 27.6 Å². The van der Waals surface area contributed by atoms with Gasteiger partial charge in [0.1, 0.15) is 5.75 Å². The zero-order valence-corrected chi connectivity index (χ0v) is 21.3. The molecular weight excluding hydrogens is 424 g/mol. The van der Waals surface area contributed by atoms with Crippen molar-refractivity contribution in [2.45, 2.75) is 90.9 Å². The van der Waals surface area contributed by atoms with E-state index < -0.39 is 0 Å². The second-order valence-corrected chi connectivity index (χ2v) is 10.0. The molecule has 178 valence electrons. The van der Waals surface area contributed by atoms with E-state index in [0.717, 1.165) is 35.7 Å². The Bertz CT molecular complexity index is 902. The molecule has 0 N–H and O–H groups in total. The van der Waals surface area contributed by atoms with Crippen LogP contribution in [0.15, 0.2) is 48.8 Å². The Kier molecular flexibility index (Phi) is 11.4. The molecule has 0 aliphatic heterocycles. The van der Waals surface area contributed by atoms with Crippen molar-refractivity contribution in [2.24, 2.45) is 0 Å². The van der Waals surface area contributed by atoms with Crippen LogP contribution in [0.4, 0.5) is 0 Å². The molecule has 0 aliphatic carbocycles. The summed E-state index contributed by atoms with van der Waals surface area (Å²) in [5, 5.41) is 0. The summed E-state index contributed by atoms with van der Waals surface area (Å²) in [7, 11) is 0. The maximum absolute atomic E-state index is 5.89. The predicted octanol–water partition coefficient (Wildman–Crippen LogP) is 9.12. The van der Waals surface area contributed by atoms with Gasteiger partial charge in [-0.1, -0.05) is 71.6 Å². The third kappa shape index (κ3) is 8.92. The smallest absolute Gasteiger partial charge is 0.159 e. The Morgan fingerprint density at radius 2 is 1.30 bits per heavy atom. The number of thiophene rings is 1. The number of ether oxygens (including phenoxy) is 1. The summed E-state index contributed by atoms with van der Waals surface area (Å²) in [4.78, 5) is 12.0. The van der Waals surface area contributed by atoms with Gasteiger partial charge < -0.3 is 4.74 Å². The minimum Gasteiger partial charge on any atom is -0.494 e. The Hall–Kier alpha value is -2.20. The first-order valence-corrected chi connectivity index (χ1v) is 13.8. The fourth-order valence-corrected chi connectivity index (χ4v) is 4.97. The topological polar surface area (TPSA) is 35.0 Å². The van der Waals surface area contributed by atoms with Crippen molar-refractivity contribution in [3.63, 3.8) is 0 Å². The molecule has 33 heavy (non-hydrogen) atoms. The normalized spacial score (nSPS) is 11.1. The lowest BCUT2D eigenvalue weighted by Gasteiger charge is -2.07. The average molecular weight is 465 g/mol. The second-order valence-electron chi connectivity index (χ2n) is 8.87. The first kappa shape index (κ1) is 25.4. The summed E-state index contributed by atoms with van der Waals surface area (Å²) in [6.45, 7) is 5.31. The van der Waals surface area contributed by atoms with Crippen molar-refractivity contribution in [1.82, 2.24) is 9.97 Å². The molecule has 0 atom stereocenters. The molecule has 0 amide bonds. The molecule has 3 aromatic rings. The number of unbranched alkanes of at least 4 members (excludes halogenated alkanes) is 9. The maximum atomic E-state index is 5.89. The van der Waals surface area contributed by atoms with Crippen LogP contribution in [0.5, 0.6) is 5.75 Å². The molecule has 1 aromatic carbocycles. The first-order chi connectivity index (χ1) is 16.3. The van der Waals surface area contributed by atoms with E-state index in [-0.39, 0.29) is 0 Å². The van der Waals surface area contributed by atoms with Gasteiger partial charge in [-0.2, -0.15) is 0 Å². The lowest BCUT2D eigenvalue weighted by atomic mass is 10.1. The molecule has 0 unspecified atom stereocenters. The van der Waals surface area contributed by atoms with Gasteiger partial charge in [0.05, 0.1) is 6.61 Å². The van der Waals surface area contributed by atoms with Crippen LogP contribution in [-0.4, -0.2) is 16.6 Å². The van der Waals surface area contributed by atoms with Crippen LogP contribution in [0, 0.1) is 0 Å². The van der Waals surface area contributed by atoms with E-state index in [4.69, 9.17) is 4.74 Å². The molecule has 0 fully saturated rings. The third-order valence-electron chi connectivity index (χ3n) is 6.00. The minimum absolute atomic E-state index is 0.758. The molecule has 0 saturated carbocycles. The van der Waals surface area contributed by atoms with E-state index >= 15 is 0 Å². The van der Waals surface area contributed by atoms with Gasteiger partial charge in [0.15, 0.2) is 5.82 Å². The summed E-state index contributed by atoms with van der Waals surface area (Å²) in [5.41, 5.74) is 2.12. The van der Waals surface area contributed by atoms with Gasteiger partial charge in [0.25, 0.3) is 0 Å². The van der Waals surface area contributed by atoms with Crippen molar-refractivity contribution >= 4 is 11.3 Å². The highest BCUT2D eigenvalue weighted by atomic mass is 32.1. The zero-order valence-electron chi connectivity index (χ0n) is 20.5. The van der Waals surface area contributed by atoms with Gasteiger partial charge in [-0.05, 0) is 55.7 Å². The zero-order chi connectivity index (χ0) is 23.1. The number of benzene rings is 1. The lowest BCUT2D eigenvalue weighted by molar-refractivity contribution is 0.304. The van der Waals surface area contributed by atoms with Crippen molar-refractivity contribution < 1.29 is 4.74 Å². The Labute approximate surface area is 204 Å². The monoisotopic (exact) mass is 464 g/mol. The van der Waals surface area contributed by atoms with E-state index in [2.05, 4.69) is 35.9 Å². The van der Waals surface area contributed by atoms with E-state index in [0.29, 0.717) is 0 Å². The molecule has 0 bridgehead atoms. The summed E-state index contributed by atoms with van der Waals surface area (Å²) in [6.07, 6.45) is 19.4. The van der Waals surface area contributed by atoms with Crippen molar-refractivity contribution in [3.05, 3.63) is 53.7 Å². The standard InChI is InChI=1S/C29H40N2OS/c1-3-5-7-9-11-13-21-32-26-17-15-24(16-18-26)29-30-22-25(23-31-29)28-20-19-27(33-28)14-12-10-8-6-4-2/h15-20,22-23H,3-14,21H2,1-2H3. The van der Waals surface area contributed by atoms with Crippen LogP contribution in [0.1, 0.15) is 89.4 Å². The quantitative estimate of drug-likeness (QED) is 0.198. The molecule has 0 saturated heterocycles. The van der Waals surface area contributed by atoms with E-state index in [1.165, 1.54) is 80.4 Å². The molecule has 0 aliphatic rings. The predicted molar refractivity (Wildman–Crippen MR) is 142 cm³/mol. The molecule has 3 nitrogen and oxygen atoms in total. The number of rotatable bonds is 16. The lowest BCUT2D eigenvalue weighted by Crippen LogP contribution is -1.97. The van der Waals surface area contributed by atoms with Gasteiger partial charge in [0, 0.05) is 33.3 Å². The minimum atomic E-state index is 0.758. The molecule has 4 heteroatoms. The molecular formula is C29H40N2OS. The Balaban J connectivity index is 1.45. The summed E-state index contributed by atoms with van der Waals surface area (Å²) in [6, 6.07) is 12.6. The largest absolute Gasteiger partial charge is 0.494 e. The Morgan fingerprint density at radius 1 is 0.667 bits per heavy atom. The van der Waals surface area contributed by atoms with Crippen LogP contribution in [0.25, 0.3) is 21.8 Å². The van der Waals surface area contributed by atoms with E-state index in [1.807, 2.05) is 48.0 Å². The van der Waals surface area contributed by atoms with Crippen LogP contribution in [0.3, 0.4) is 0 Å². The van der Waals surface area contributed by atoms with E-state index in [1.54, 1.807) is 0 Å². The highest BCUT2D eigenvalue weighted by Crippen LogP contribution is 2.29. The Morgan fingerprint density at radius 3 is 2.00 bits per heavy atom. The second kappa shape index (κ2) is 14.8. The number of nitrogens with zero attached hydrogens (tertiary/aromatic N) is 2. The maximum Gasteiger partial charge on any atom is 0.159 e. The molecule has 0 spiro atoms. The van der Waals surface area contributed by atoms with Gasteiger partial charge in [0.2, 0.25) is 0 Å². The molecule has 3 rings (SSSR count). The van der Waals surface area contributed by atoms with E-state index in [9.17, 15) is 0 Å². The van der Waals surface area contributed by atoms with Gasteiger partial charge in [-0.3, -0.25) is 0 Å². The van der Waals surface area contributed by atoms with Crippen LogP contribution in [0.2, 0.25) is 0 Å². The van der Waals surface area contributed by atoms with Gasteiger partial charge >= 0.3 is 0 Å². The van der Waals surface area contributed by atoms with Crippen LogP contribution in [-0.2, 0) is 6.42 Å². The van der Waals surface area contributed by atoms with Crippen LogP contribution < -0.4 is 4.74 Å². The van der Waals surface area contributed by atoms with Crippen molar-refractivity contribution in [2.75, 3.05) is 6.61 Å². The molecule has 2 heterocycles. The number of aromatic nitrogens is 2. The summed E-state index contributed by atoms with van der Waals surface area (Å²) < 4.78 is 5.89. The van der Waals surface area contributed by atoms with Crippen LogP contribution >= 0.6 is 11.3 Å². The highest BCUT2D eigenvalue weighted by Gasteiger charge is 2.07. The number of hydrogen-bond donors (Lipinski definition) is 0. The fraction of sp³-hybridized carbons (Fsp3) is 0.517. The summed E-state index contributed by atoms with van der Waals surface area (Å²) in [5.74, 6) is 1.68. The molecule has 2 aromatic heterocycles. The SMILES string of the molecule is CCCCCCCCOc1ccc(-c2ncc(-c3ccc(CCCCCCC)s3)cn2)cc1. The highest BCUT2D eigenvalue weighted by molar-refractivity contribution is 7.15. The van der Waals surface area contributed by atoms with Gasteiger partial charge in [-0.15, -0.1) is 11.3 Å².